The van der Waals surface area contributed by atoms with Gasteiger partial charge in [-0.05, 0) is 18.7 Å². The molecule has 1 aliphatic rings. The van der Waals surface area contributed by atoms with Gasteiger partial charge in [0.25, 0.3) is 0 Å². The average molecular weight is 289 g/mol. The van der Waals surface area contributed by atoms with E-state index in [0.717, 1.165) is 6.07 Å². The van der Waals surface area contributed by atoms with Crippen LogP contribution in [0.3, 0.4) is 0 Å². The molecule has 110 valence electrons. The molecule has 0 radical (unpaired) electrons. The first-order chi connectivity index (χ1) is 9.45. The Kier molecular flexibility index (Phi) is 4.32. The van der Waals surface area contributed by atoms with Crippen LogP contribution in [0.2, 0.25) is 0 Å². The predicted octanol–water partition coefficient (Wildman–Crippen LogP) is 3.80. The van der Waals surface area contributed by atoms with E-state index in [9.17, 15) is 17.6 Å². The zero-order valence-electron chi connectivity index (χ0n) is 10.9. The van der Waals surface area contributed by atoms with Gasteiger partial charge < -0.3 is 10.1 Å². The Balaban J connectivity index is 2.43. The monoisotopic (exact) mass is 289 g/mol. The number of likely N-dealkylation sites (N-methyl/N-ethyl adjacent to an activating group) is 1. The van der Waals surface area contributed by atoms with Crippen LogP contribution in [-0.2, 0) is 10.9 Å². The quantitative estimate of drug-likeness (QED) is 0.851. The van der Waals surface area contributed by atoms with Gasteiger partial charge in [0, 0.05) is 12.0 Å². The van der Waals surface area contributed by atoms with Crippen molar-refractivity contribution in [2.45, 2.75) is 25.6 Å². The third kappa shape index (κ3) is 2.95. The second-order valence-corrected chi connectivity index (χ2v) is 4.44. The first-order valence-electron chi connectivity index (χ1n) is 6.37. The topological polar surface area (TPSA) is 21.3 Å². The number of nitrogens with one attached hydrogen (secondary N) is 1. The van der Waals surface area contributed by atoms with E-state index in [1.807, 2.05) is 0 Å². The van der Waals surface area contributed by atoms with Crippen molar-refractivity contribution in [3.05, 3.63) is 47.0 Å². The second kappa shape index (κ2) is 5.83. The highest BCUT2D eigenvalue weighted by Gasteiger charge is 2.36. The summed E-state index contributed by atoms with van der Waals surface area (Å²) >= 11 is 0. The molecule has 1 unspecified atom stereocenters. The van der Waals surface area contributed by atoms with Crippen molar-refractivity contribution >= 4 is 0 Å². The molecule has 1 N–H and O–H groups in total. The smallest absolute Gasteiger partial charge is 0.419 e. The fraction of sp³-hybridized carbons (Fsp3) is 0.429. The summed E-state index contributed by atoms with van der Waals surface area (Å²) in [6.07, 6.45) is -2.26. The first-order valence-corrected chi connectivity index (χ1v) is 6.37. The lowest BCUT2D eigenvalue weighted by molar-refractivity contribution is -0.140. The summed E-state index contributed by atoms with van der Waals surface area (Å²) in [4.78, 5) is 0. The van der Waals surface area contributed by atoms with Gasteiger partial charge in [-0.3, -0.25) is 0 Å². The largest absolute Gasteiger partial charge is 0.496 e. The Labute approximate surface area is 114 Å². The lowest BCUT2D eigenvalue weighted by Gasteiger charge is -2.21. The van der Waals surface area contributed by atoms with Crippen LogP contribution in [0.15, 0.2) is 30.0 Å². The van der Waals surface area contributed by atoms with E-state index in [0.29, 0.717) is 25.3 Å². The zero-order chi connectivity index (χ0) is 14.8. The van der Waals surface area contributed by atoms with Gasteiger partial charge in [-0.25, -0.2) is 4.39 Å². The molecule has 0 aliphatic carbocycles. The Bertz CT molecular complexity index is 510. The van der Waals surface area contributed by atoms with E-state index in [1.165, 1.54) is 12.1 Å². The number of hydrogen-bond acceptors (Lipinski definition) is 2. The third-order valence-corrected chi connectivity index (χ3v) is 3.07. The Hall–Kier alpha value is -1.56. The minimum Gasteiger partial charge on any atom is -0.496 e. The standard InChI is InChI=1S/C14H15F4NO/c1-2-19-13(11-7-4-8-20-11)9-5-3-6-10(12(9)15)14(16,17)18/h3,5-7,13,19H,2,4,8H2,1H3. The molecular formula is C14H15F4NO. The molecule has 1 aromatic rings. The molecule has 0 aromatic heterocycles. The lowest BCUT2D eigenvalue weighted by Crippen LogP contribution is -2.25. The molecule has 1 aliphatic heterocycles. The van der Waals surface area contributed by atoms with Crippen LogP contribution in [-0.4, -0.2) is 13.2 Å². The van der Waals surface area contributed by atoms with Gasteiger partial charge in [0.1, 0.15) is 11.6 Å². The number of halogens is 4. The number of rotatable bonds is 4. The minimum atomic E-state index is -4.71. The van der Waals surface area contributed by atoms with Gasteiger partial charge in [0.05, 0.1) is 18.2 Å². The van der Waals surface area contributed by atoms with Crippen LogP contribution < -0.4 is 5.32 Å². The van der Waals surface area contributed by atoms with Crippen molar-refractivity contribution in [1.29, 1.82) is 0 Å². The first kappa shape index (κ1) is 14.8. The van der Waals surface area contributed by atoms with Gasteiger partial charge in [-0.2, -0.15) is 13.2 Å². The van der Waals surface area contributed by atoms with E-state index >= 15 is 0 Å². The highest BCUT2D eigenvalue weighted by molar-refractivity contribution is 5.34. The van der Waals surface area contributed by atoms with Crippen LogP contribution in [0.4, 0.5) is 17.6 Å². The fourth-order valence-corrected chi connectivity index (χ4v) is 2.20. The normalized spacial score (nSPS) is 16.8. The molecule has 2 rings (SSSR count). The number of hydrogen-bond donors (Lipinski definition) is 1. The Morgan fingerprint density at radius 2 is 2.10 bits per heavy atom. The maximum absolute atomic E-state index is 14.2. The number of ether oxygens (including phenoxy) is 1. The molecule has 0 spiro atoms. The van der Waals surface area contributed by atoms with Gasteiger partial charge in [-0.1, -0.05) is 19.1 Å². The molecule has 0 fully saturated rings. The van der Waals surface area contributed by atoms with E-state index in [-0.39, 0.29) is 5.56 Å². The number of benzene rings is 1. The van der Waals surface area contributed by atoms with E-state index in [2.05, 4.69) is 5.32 Å². The fourth-order valence-electron chi connectivity index (χ4n) is 2.20. The van der Waals surface area contributed by atoms with Gasteiger partial charge in [0.2, 0.25) is 0 Å². The summed E-state index contributed by atoms with van der Waals surface area (Å²) in [7, 11) is 0. The summed E-state index contributed by atoms with van der Waals surface area (Å²) in [5.41, 5.74) is -1.30. The predicted molar refractivity (Wildman–Crippen MR) is 66.5 cm³/mol. The van der Waals surface area contributed by atoms with Crippen molar-refractivity contribution in [3.63, 3.8) is 0 Å². The molecule has 6 heteroatoms. The number of alkyl halides is 3. The lowest BCUT2D eigenvalue weighted by atomic mass is 10.0. The SMILES string of the molecule is CCNC(C1=CCCO1)c1cccc(C(F)(F)F)c1F. The maximum Gasteiger partial charge on any atom is 0.419 e. The van der Waals surface area contributed by atoms with Crippen molar-refractivity contribution in [2.24, 2.45) is 0 Å². The average Bonchev–Trinajstić information content (AvgIpc) is 2.89. The van der Waals surface area contributed by atoms with Crippen LogP contribution in [0.1, 0.15) is 30.5 Å². The molecule has 1 atom stereocenters. The van der Waals surface area contributed by atoms with E-state index in [1.54, 1.807) is 13.0 Å². The van der Waals surface area contributed by atoms with E-state index < -0.39 is 23.6 Å². The third-order valence-electron chi connectivity index (χ3n) is 3.07. The van der Waals surface area contributed by atoms with Crippen LogP contribution >= 0.6 is 0 Å². The molecule has 2 nitrogen and oxygen atoms in total. The van der Waals surface area contributed by atoms with Gasteiger partial charge >= 0.3 is 6.18 Å². The molecule has 0 saturated heterocycles. The molecule has 1 heterocycles. The minimum absolute atomic E-state index is 0.0465. The van der Waals surface area contributed by atoms with Gasteiger partial charge in [0.15, 0.2) is 0 Å². The van der Waals surface area contributed by atoms with Crippen LogP contribution in [0.25, 0.3) is 0 Å². The summed E-state index contributed by atoms with van der Waals surface area (Å²) < 4.78 is 57.8. The molecule has 1 aromatic carbocycles. The molecular weight excluding hydrogens is 274 g/mol. The second-order valence-electron chi connectivity index (χ2n) is 4.44. The highest BCUT2D eigenvalue weighted by atomic mass is 19.4. The van der Waals surface area contributed by atoms with Crippen molar-refractivity contribution in [2.75, 3.05) is 13.2 Å². The summed E-state index contributed by atoms with van der Waals surface area (Å²) in [6.45, 7) is 2.76. The molecule has 20 heavy (non-hydrogen) atoms. The van der Waals surface area contributed by atoms with E-state index in [4.69, 9.17) is 4.74 Å². The molecule has 0 bridgehead atoms. The Morgan fingerprint density at radius 3 is 2.65 bits per heavy atom. The van der Waals surface area contributed by atoms with Crippen molar-refractivity contribution in [3.8, 4) is 0 Å². The Morgan fingerprint density at radius 1 is 1.35 bits per heavy atom. The van der Waals surface area contributed by atoms with Crippen LogP contribution in [0, 0.1) is 5.82 Å². The zero-order valence-corrected chi connectivity index (χ0v) is 10.9. The van der Waals surface area contributed by atoms with Crippen LogP contribution in [0.5, 0.6) is 0 Å². The summed E-state index contributed by atoms with van der Waals surface area (Å²) in [5.74, 6) is -0.771. The summed E-state index contributed by atoms with van der Waals surface area (Å²) in [5, 5.41) is 2.96. The summed E-state index contributed by atoms with van der Waals surface area (Å²) in [6, 6.07) is 2.61. The maximum atomic E-state index is 14.2. The molecule has 0 amide bonds. The molecule has 0 saturated carbocycles. The van der Waals surface area contributed by atoms with Crippen molar-refractivity contribution < 1.29 is 22.3 Å². The highest BCUT2D eigenvalue weighted by Crippen LogP contribution is 2.36. The van der Waals surface area contributed by atoms with Crippen molar-refractivity contribution in [1.82, 2.24) is 5.32 Å². The van der Waals surface area contributed by atoms with Gasteiger partial charge in [-0.15, -0.1) is 0 Å².